The number of benzene rings is 2. The lowest BCUT2D eigenvalue weighted by atomic mass is 9.97. The van der Waals surface area contributed by atoms with E-state index < -0.39 is 0 Å². The highest BCUT2D eigenvalue weighted by Crippen LogP contribution is 2.23. The van der Waals surface area contributed by atoms with E-state index >= 15 is 0 Å². The number of halogens is 2. The van der Waals surface area contributed by atoms with E-state index in [1.54, 1.807) is 11.6 Å². The van der Waals surface area contributed by atoms with E-state index in [0.717, 1.165) is 24.4 Å². The van der Waals surface area contributed by atoms with Crippen molar-refractivity contribution in [1.82, 2.24) is 5.32 Å². The number of nitrogens with one attached hydrogen (secondary N) is 1. The van der Waals surface area contributed by atoms with Gasteiger partial charge in [0.15, 0.2) is 0 Å². The van der Waals surface area contributed by atoms with Crippen LogP contribution in [-0.2, 0) is 13.2 Å². The fourth-order valence-electron chi connectivity index (χ4n) is 3.12. The third-order valence-corrected chi connectivity index (χ3v) is 5.26. The normalized spacial score (nSPS) is 14.2. The molecule has 0 atom stereocenters. The third-order valence-electron chi connectivity index (χ3n) is 4.67. The van der Waals surface area contributed by atoms with Crippen molar-refractivity contribution < 1.29 is 4.74 Å². The standard InChI is InChI=1S/C22H25Cl2NO/c23-20-9-8-19(22(24)14-20)16-26-21-10-6-18(7-11-21)15-25-13-12-17-4-2-1-3-5-17/h4,6-11,14,25H,1-3,5,12-13,15-16H2. The van der Waals surface area contributed by atoms with E-state index in [9.17, 15) is 0 Å². The maximum atomic E-state index is 6.17. The van der Waals surface area contributed by atoms with Gasteiger partial charge < -0.3 is 10.1 Å². The first-order chi connectivity index (χ1) is 12.7. The average Bonchev–Trinajstić information content (AvgIpc) is 2.66. The number of rotatable bonds is 8. The molecule has 0 aliphatic heterocycles. The molecule has 1 N–H and O–H groups in total. The van der Waals surface area contributed by atoms with Crippen LogP contribution in [0.25, 0.3) is 0 Å². The summed E-state index contributed by atoms with van der Waals surface area (Å²) in [7, 11) is 0. The molecule has 4 heteroatoms. The molecule has 2 aromatic rings. The van der Waals surface area contributed by atoms with Crippen LogP contribution in [0.3, 0.4) is 0 Å². The quantitative estimate of drug-likeness (QED) is 0.408. The zero-order chi connectivity index (χ0) is 18.2. The van der Waals surface area contributed by atoms with Gasteiger partial charge in [-0.3, -0.25) is 0 Å². The predicted octanol–water partition coefficient (Wildman–Crippen LogP) is 6.55. The van der Waals surface area contributed by atoms with Gasteiger partial charge in [0, 0.05) is 22.2 Å². The third kappa shape index (κ3) is 6.05. The summed E-state index contributed by atoms with van der Waals surface area (Å²) in [5.41, 5.74) is 3.81. The first-order valence-corrected chi connectivity index (χ1v) is 10.0. The Morgan fingerprint density at radius 3 is 2.58 bits per heavy atom. The zero-order valence-electron chi connectivity index (χ0n) is 14.9. The SMILES string of the molecule is Clc1ccc(COc2ccc(CNCCC3=CCCCC3)cc2)c(Cl)c1. The number of ether oxygens (including phenoxy) is 1. The highest BCUT2D eigenvalue weighted by Gasteiger charge is 2.04. The smallest absolute Gasteiger partial charge is 0.119 e. The van der Waals surface area contributed by atoms with Crippen LogP contribution in [0.2, 0.25) is 10.0 Å². The molecule has 3 rings (SSSR count). The van der Waals surface area contributed by atoms with E-state index in [1.165, 1.54) is 37.7 Å². The molecule has 1 aliphatic carbocycles. The largest absolute Gasteiger partial charge is 0.489 e. The van der Waals surface area contributed by atoms with Gasteiger partial charge in [0.2, 0.25) is 0 Å². The summed E-state index contributed by atoms with van der Waals surface area (Å²) in [6, 6.07) is 13.7. The van der Waals surface area contributed by atoms with E-state index in [0.29, 0.717) is 16.7 Å². The molecule has 0 fully saturated rings. The van der Waals surface area contributed by atoms with Gasteiger partial charge in [0.1, 0.15) is 12.4 Å². The Balaban J connectivity index is 1.41. The van der Waals surface area contributed by atoms with Gasteiger partial charge in [0.05, 0.1) is 0 Å². The maximum absolute atomic E-state index is 6.17. The van der Waals surface area contributed by atoms with Crippen molar-refractivity contribution in [2.24, 2.45) is 0 Å². The summed E-state index contributed by atoms with van der Waals surface area (Å²) in [5.74, 6) is 0.840. The molecular formula is C22H25Cl2NO. The van der Waals surface area contributed by atoms with Gasteiger partial charge in [-0.1, -0.05) is 53.1 Å². The van der Waals surface area contributed by atoms with Crippen LogP contribution in [0.5, 0.6) is 5.75 Å². The van der Waals surface area contributed by atoms with Crippen molar-refractivity contribution in [2.75, 3.05) is 6.54 Å². The molecule has 26 heavy (non-hydrogen) atoms. The molecule has 138 valence electrons. The molecule has 2 nitrogen and oxygen atoms in total. The molecule has 0 radical (unpaired) electrons. The van der Waals surface area contributed by atoms with Crippen LogP contribution in [0.1, 0.15) is 43.2 Å². The van der Waals surface area contributed by atoms with Crippen LogP contribution < -0.4 is 10.1 Å². The lowest BCUT2D eigenvalue weighted by Gasteiger charge is -2.13. The molecule has 0 saturated carbocycles. The predicted molar refractivity (Wildman–Crippen MR) is 110 cm³/mol. The van der Waals surface area contributed by atoms with Crippen molar-refractivity contribution >= 4 is 23.2 Å². The fraction of sp³-hybridized carbons (Fsp3) is 0.364. The van der Waals surface area contributed by atoms with Gasteiger partial charge in [-0.25, -0.2) is 0 Å². The molecule has 0 aromatic heterocycles. The topological polar surface area (TPSA) is 21.3 Å². The molecule has 0 bridgehead atoms. The maximum Gasteiger partial charge on any atom is 0.119 e. The lowest BCUT2D eigenvalue weighted by molar-refractivity contribution is 0.306. The van der Waals surface area contributed by atoms with Crippen molar-refractivity contribution in [3.63, 3.8) is 0 Å². The second-order valence-corrected chi connectivity index (χ2v) is 7.55. The first-order valence-electron chi connectivity index (χ1n) is 9.25. The van der Waals surface area contributed by atoms with Gasteiger partial charge in [-0.15, -0.1) is 0 Å². The fourth-order valence-corrected chi connectivity index (χ4v) is 3.58. The van der Waals surface area contributed by atoms with Crippen LogP contribution in [-0.4, -0.2) is 6.54 Å². The molecule has 0 heterocycles. The summed E-state index contributed by atoms with van der Waals surface area (Å²) in [6.45, 7) is 2.36. The Labute approximate surface area is 166 Å². The second-order valence-electron chi connectivity index (χ2n) is 6.70. The van der Waals surface area contributed by atoms with Crippen LogP contribution in [0.4, 0.5) is 0 Å². The summed E-state index contributed by atoms with van der Waals surface area (Å²) >= 11 is 12.1. The monoisotopic (exact) mass is 389 g/mol. The van der Waals surface area contributed by atoms with E-state index in [1.807, 2.05) is 24.3 Å². The molecule has 1 aliphatic rings. The molecule has 0 spiro atoms. The van der Waals surface area contributed by atoms with Crippen molar-refractivity contribution in [1.29, 1.82) is 0 Å². The van der Waals surface area contributed by atoms with Gasteiger partial charge in [-0.05, 0) is 68.5 Å². The highest BCUT2D eigenvalue weighted by atomic mass is 35.5. The molecule has 0 unspecified atom stereocenters. The highest BCUT2D eigenvalue weighted by molar-refractivity contribution is 6.35. The summed E-state index contributed by atoms with van der Waals surface area (Å²) < 4.78 is 5.82. The van der Waals surface area contributed by atoms with Crippen molar-refractivity contribution in [3.05, 3.63) is 75.3 Å². The molecule has 0 saturated heterocycles. The Hall–Kier alpha value is -1.48. The summed E-state index contributed by atoms with van der Waals surface area (Å²) in [5, 5.41) is 4.79. The van der Waals surface area contributed by atoms with Crippen molar-refractivity contribution in [3.8, 4) is 5.75 Å². The summed E-state index contributed by atoms with van der Waals surface area (Å²) in [6.07, 6.45) is 8.85. The number of hydrogen-bond acceptors (Lipinski definition) is 2. The average molecular weight is 390 g/mol. The molecule has 2 aromatic carbocycles. The minimum absolute atomic E-state index is 0.433. The Morgan fingerprint density at radius 1 is 1.00 bits per heavy atom. The number of hydrogen-bond donors (Lipinski definition) is 1. The zero-order valence-corrected chi connectivity index (χ0v) is 16.5. The van der Waals surface area contributed by atoms with Crippen LogP contribution in [0, 0.1) is 0 Å². The van der Waals surface area contributed by atoms with E-state index in [2.05, 4.69) is 23.5 Å². The van der Waals surface area contributed by atoms with Gasteiger partial charge in [0.25, 0.3) is 0 Å². The molecular weight excluding hydrogens is 365 g/mol. The Morgan fingerprint density at radius 2 is 1.85 bits per heavy atom. The Bertz CT molecular complexity index is 740. The van der Waals surface area contributed by atoms with Crippen LogP contribution in [0.15, 0.2) is 54.1 Å². The van der Waals surface area contributed by atoms with E-state index in [-0.39, 0.29) is 0 Å². The van der Waals surface area contributed by atoms with Gasteiger partial charge >= 0.3 is 0 Å². The minimum Gasteiger partial charge on any atom is -0.489 e. The van der Waals surface area contributed by atoms with Crippen LogP contribution >= 0.6 is 23.2 Å². The van der Waals surface area contributed by atoms with Gasteiger partial charge in [-0.2, -0.15) is 0 Å². The minimum atomic E-state index is 0.433. The Kier molecular flexibility index (Phi) is 7.43. The molecule has 0 amide bonds. The lowest BCUT2D eigenvalue weighted by Crippen LogP contribution is -2.15. The van der Waals surface area contributed by atoms with E-state index in [4.69, 9.17) is 27.9 Å². The number of allylic oxidation sites excluding steroid dienone is 1. The second kappa shape index (κ2) is 10.0. The first kappa shape index (κ1) is 19.3. The summed E-state index contributed by atoms with van der Waals surface area (Å²) in [4.78, 5) is 0. The van der Waals surface area contributed by atoms with Crippen molar-refractivity contribution in [2.45, 2.75) is 45.3 Å².